The standard InChI is InChI=1S/C21H22F3N3O2/c1-26(2)18-10-9-16(13-17(18)20(29)27-11-3-4-12-27)25-19(28)14-5-7-15(8-6-14)21(22,23)24/h5-10,13H,3-4,11-12H2,1-2H3,(H,25,28). The first kappa shape index (κ1) is 20.7. The second-order valence-electron chi connectivity index (χ2n) is 7.15. The topological polar surface area (TPSA) is 52.7 Å². The van der Waals surface area contributed by atoms with E-state index in [2.05, 4.69) is 5.32 Å². The molecule has 1 saturated heterocycles. The van der Waals surface area contributed by atoms with Crippen LogP contribution in [0.25, 0.3) is 0 Å². The average Bonchev–Trinajstić information content (AvgIpc) is 3.21. The second-order valence-corrected chi connectivity index (χ2v) is 7.15. The Morgan fingerprint density at radius 2 is 1.62 bits per heavy atom. The Morgan fingerprint density at radius 1 is 1.00 bits per heavy atom. The van der Waals surface area contributed by atoms with Gasteiger partial charge in [0.1, 0.15) is 0 Å². The van der Waals surface area contributed by atoms with Gasteiger partial charge >= 0.3 is 6.18 Å². The predicted octanol–water partition coefficient (Wildman–Crippen LogP) is 4.26. The van der Waals surface area contributed by atoms with E-state index in [0.29, 0.717) is 24.3 Å². The van der Waals surface area contributed by atoms with Crippen LogP contribution in [-0.4, -0.2) is 43.9 Å². The minimum absolute atomic E-state index is 0.0992. The fourth-order valence-corrected chi connectivity index (χ4v) is 3.28. The fourth-order valence-electron chi connectivity index (χ4n) is 3.28. The van der Waals surface area contributed by atoms with Crippen molar-refractivity contribution in [1.29, 1.82) is 0 Å². The molecule has 0 unspecified atom stereocenters. The molecule has 0 spiro atoms. The highest BCUT2D eigenvalue weighted by atomic mass is 19.4. The first-order valence-corrected chi connectivity index (χ1v) is 9.26. The van der Waals surface area contributed by atoms with Gasteiger partial charge in [0.2, 0.25) is 0 Å². The van der Waals surface area contributed by atoms with E-state index >= 15 is 0 Å². The summed E-state index contributed by atoms with van der Waals surface area (Å²) in [4.78, 5) is 28.9. The molecule has 0 radical (unpaired) electrons. The van der Waals surface area contributed by atoms with Gasteiger partial charge in [-0.25, -0.2) is 0 Å². The molecule has 1 fully saturated rings. The summed E-state index contributed by atoms with van der Waals surface area (Å²) in [7, 11) is 3.66. The predicted molar refractivity (Wildman–Crippen MR) is 105 cm³/mol. The minimum atomic E-state index is -4.46. The molecule has 1 aliphatic rings. The van der Waals surface area contributed by atoms with Crippen molar-refractivity contribution in [2.75, 3.05) is 37.4 Å². The molecule has 29 heavy (non-hydrogen) atoms. The Labute approximate surface area is 167 Å². The molecule has 0 aromatic heterocycles. The number of likely N-dealkylation sites (tertiary alicyclic amines) is 1. The van der Waals surface area contributed by atoms with E-state index < -0.39 is 17.6 Å². The third-order valence-corrected chi connectivity index (χ3v) is 4.83. The summed E-state index contributed by atoms with van der Waals surface area (Å²) in [5.74, 6) is -0.646. The van der Waals surface area contributed by atoms with Crippen molar-refractivity contribution in [3.63, 3.8) is 0 Å². The van der Waals surface area contributed by atoms with Crippen molar-refractivity contribution < 1.29 is 22.8 Å². The van der Waals surface area contributed by atoms with E-state index in [1.54, 1.807) is 23.1 Å². The van der Waals surface area contributed by atoms with Gasteiger partial charge in [0, 0.05) is 44.1 Å². The van der Waals surface area contributed by atoms with Gasteiger partial charge < -0.3 is 15.1 Å². The minimum Gasteiger partial charge on any atom is -0.377 e. The van der Waals surface area contributed by atoms with Crippen LogP contribution in [0.4, 0.5) is 24.5 Å². The summed E-state index contributed by atoms with van der Waals surface area (Å²) in [5.41, 5.74) is 0.893. The van der Waals surface area contributed by atoms with Gasteiger partial charge in [0.15, 0.2) is 0 Å². The maximum atomic E-state index is 12.9. The molecule has 1 aliphatic heterocycles. The molecule has 0 atom stereocenters. The highest BCUT2D eigenvalue weighted by molar-refractivity contribution is 6.06. The largest absolute Gasteiger partial charge is 0.416 e. The van der Waals surface area contributed by atoms with Crippen molar-refractivity contribution in [3.05, 3.63) is 59.2 Å². The van der Waals surface area contributed by atoms with Crippen LogP contribution >= 0.6 is 0 Å². The monoisotopic (exact) mass is 405 g/mol. The number of anilines is 2. The number of benzene rings is 2. The maximum Gasteiger partial charge on any atom is 0.416 e. The first-order valence-electron chi connectivity index (χ1n) is 9.26. The van der Waals surface area contributed by atoms with Crippen molar-refractivity contribution in [3.8, 4) is 0 Å². The summed E-state index contributed by atoms with van der Waals surface area (Å²) >= 11 is 0. The van der Waals surface area contributed by atoms with E-state index in [4.69, 9.17) is 0 Å². The fraction of sp³-hybridized carbons (Fsp3) is 0.333. The van der Waals surface area contributed by atoms with Gasteiger partial charge in [-0.1, -0.05) is 0 Å². The number of carbonyl (C=O) groups excluding carboxylic acids is 2. The summed E-state index contributed by atoms with van der Waals surface area (Å²) in [6, 6.07) is 9.01. The van der Waals surface area contributed by atoms with Gasteiger partial charge in [0.05, 0.1) is 11.1 Å². The van der Waals surface area contributed by atoms with E-state index in [1.165, 1.54) is 0 Å². The lowest BCUT2D eigenvalue weighted by Crippen LogP contribution is -2.29. The van der Waals surface area contributed by atoms with Crippen LogP contribution in [0.2, 0.25) is 0 Å². The zero-order valence-electron chi connectivity index (χ0n) is 16.2. The van der Waals surface area contributed by atoms with E-state index in [1.807, 2.05) is 19.0 Å². The zero-order valence-corrected chi connectivity index (χ0v) is 16.2. The molecule has 2 aromatic rings. The molecule has 1 N–H and O–H groups in total. The Kier molecular flexibility index (Phi) is 5.81. The molecule has 0 bridgehead atoms. The SMILES string of the molecule is CN(C)c1ccc(NC(=O)c2ccc(C(F)(F)F)cc2)cc1C(=O)N1CCCC1. The zero-order chi connectivity index (χ0) is 21.2. The number of nitrogens with one attached hydrogen (secondary N) is 1. The van der Waals surface area contributed by atoms with Crippen molar-refractivity contribution >= 4 is 23.2 Å². The summed E-state index contributed by atoms with van der Waals surface area (Å²) in [6.45, 7) is 1.40. The van der Waals surface area contributed by atoms with E-state index in [-0.39, 0.29) is 11.5 Å². The Hall–Kier alpha value is -3.03. The molecule has 0 saturated carbocycles. The highest BCUT2D eigenvalue weighted by Crippen LogP contribution is 2.29. The van der Waals surface area contributed by atoms with E-state index in [9.17, 15) is 22.8 Å². The molecule has 1 heterocycles. The number of nitrogens with zero attached hydrogens (tertiary/aromatic N) is 2. The third kappa shape index (κ3) is 4.70. The summed E-state index contributed by atoms with van der Waals surface area (Å²) in [6.07, 6.45) is -2.53. The number of alkyl halides is 3. The Bertz CT molecular complexity index is 902. The quantitative estimate of drug-likeness (QED) is 0.827. The van der Waals surface area contributed by atoms with Gasteiger partial charge in [0.25, 0.3) is 11.8 Å². The maximum absolute atomic E-state index is 12.9. The van der Waals surface area contributed by atoms with Crippen LogP contribution in [-0.2, 0) is 6.18 Å². The van der Waals surface area contributed by atoms with Crippen LogP contribution < -0.4 is 10.2 Å². The van der Waals surface area contributed by atoms with Crippen molar-refractivity contribution in [2.45, 2.75) is 19.0 Å². The van der Waals surface area contributed by atoms with Crippen LogP contribution in [0.15, 0.2) is 42.5 Å². The summed E-state index contributed by atoms with van der Waals surface area (Å²) in [5, 5.41) is 2.66. The smallest absolute Gasteiger partial charge is 0.377 e. The van der Waals surface area contributed by atoms with E-state index in [0.717, 1.165) is 42.8 Å². The number of rotatable bonds is 4. The molecule has 2 amide bonds. The van der Waals surface area contributed by atoms with Crippen LogP contribution in [0, 0.1) is 0 Å². The lowest BCUT2D eigenvalue weighted by atomic mass is 10.1. The molecule has 154 valence electrons. The number of carbonyl (C=O) groups is 2. The summed E-state index contributed by atoms with van der Waals surface area (Å²) < 4.78 is 38.0. The number of halogens is 3. The molecule has 5 nitrogen and oxygen atoms in total. The van der Waals surface area contributed by atoms with Gasteiger partial charge in [-0.15, -0.1) is 0 Å². The Morgan fingerprint density at radius 3 is 2.17 bits per heavy atom. The van der Waals surface area contributed by atoms with Crippen molar-refractivity contribution in [2.24, 2.45) is 0 Å². The molecule has 8 heteroatoms. The van der Waals surface area contributed by atoms with Crippen molar-refractivity contribution in [1.82, 2.24) is 4.90 Å². The van der Waals surface area contributed by atoms with Crippen LogP contribution in [0.5, 0.6) is 0 Å². The third-order valence-electron chi connectivity index (χ3n) is 4.83. The number of amides is 2. The van der Waals surface area contributed by atoms with Crippen LogP contribution in [0.3, 0.4) is 0 Å². The van der Waals surface area contributed by atoms with Crippen LogP contribution in [0.1, 0.15) is 39.1 Å². The Balaban J connectivity index is 1.82. The van der Waals surface area contributed by atoms with Gasteiger partial charge in [-0.3, -0.25) is 9.59 Å². The lowest BCUT2D eigenvalue weighted by molar-refractivity contribution is -0.137. The highest BCUT2D eigenvalue weighted by Gasteiger charge is 2.30. The molecular formula is C21H22F3N3O2. The second kappa shape index (κ2) is 8.14. The van der Waals surface area contributed by atoms with Gasteiger partial charge in [-0.2, -0.15) is 13.2 Å². The van der Waals surface area contributed by atoms with Gasteiger partial charge in [-0.05, 0) is 55.3 Å². The average molecular weight is 405 g/mol. The molecular weight excluding hydrogens is 383 g/mol. The first-order chi connectivity index (χ1) is 13.7. The number of hydrogen-bond donors (Lipinski definition) is 1. The molecule has 2 aromatic carbocycles. The number of hydrogen-bond acceptors (Lipinski definition) is 3. The normalized spacial score (nSPS) is 14.0. The molecule has 3 rings (SSSR count). The lowest BCUT2D eigenvalue weighted by Gasteiger charge is -2.22. The molecule has 0 aliphatic carbocycles.